The largest absolute Gasteiger partial charge is 0.360 e. The van der Waals surface area contributed by atoms with Crippen LogP contribution in [0.1, 0.15) is 41.8 Å². The SMILES string of the molecule is Cc1onc(-c2ccccc2Cl)c1C(=O)N1CCC(NCC2CC2)CC1. The zero-order valence-electron chi connectivity index (χ0n) is 15.0. The highest BCUT2D eigenvalue weighted by Crippen LogP contribution is 2.32. The van der Waals surface area contributed by atoms with Crippen LogP contribution in [0.15, 0.2) is 28.8 Å². The van der Waals surface area contributed by atoms with E-state index in [2.05, 4.69) is 10.5 Å². The number of carbonyl (C=O) groups is 1. The molecule has 1 aliphatic carbocycles. The fourth-order valence-corrected chi connectivity index (χ4v) is 3.79. The Balaban J connectivity index is 1.47. The molecule has 0 bridgehead atoms. The maximum atomic E-state index is 13.1. The van der Waals surface area contributed by atoms with Crippen LogP contribution in [0.2, 0.25) is 5.02 Å². The Morgan fingerprint density at radius 2 is 2.00 bits per heavy atom. The molecular formula is C20H24ClN3O2. The standard InChI is InChI=1S/C20H24ClN3O2/c1-13-18(19(23-26-13)16-4-2-3-5-17(16)21)20(25)24-10-8-15(9-11-24)22-12-14-6-7-14/h2-5,14-15,22H,6-12H2,1H3. The highest BCUT2D eigenvalue weighted by molar-refractivity contribution is 6.33. The molecule has 1 aliphatic heterocycles. The summed E-state index contributed by atoms with van der Waals surface area (Å²) in [6, 6.07) is 7.93. The van der Waals surface area contributed by atoms with E-state index >= 15 is 0 Å². The van der Waals surface area contributed by atoms with Gasteiger partial charge in [0, 0.05) is 24.7 Å². The van der Waals surface area contributed by atoms with Gasteiger partial charge in [-0.05, 0) is 51.1 Å². The predicted octanol–water partition coefficient (Wildman–Crippen LogP) is 3.91. The maximum absolute atomic E-state index is 13.1. The van der Waals surface area contributed by atoms with Crippen molar-refractivity contribution in [3.05, 3.63) is 40.6 Å². The number of hydrogen-bond donors (Lipinski definition) is 1. The van der Waals surface area contributed by atoms with Crippen LogP contribution in [0.5, 0.6) is 0 Å². The van der Waals surface area contributed by atoms with Crippen molar-refractivity contribution in [1.82, 2.24) is 15.4 Å². The van der Waals surface area contributed by atoms with Crippen LogP contribution in [0, 0.1) is 12.8 Å². The number of benzene rings is 1. The molecular weight excluding hydrogens is 350 g/mol. The van der Waals surface area contributed by atoms with Crippen LogP contribution in [0.4, 0.5) is 0 Å². The summed E-state index contributed by atoms with van der Waals surface area (Å²) in [6.07, 6.45) is 4.71. The van der Waals surface area contributed by atoms with E-state index in [4.69, 9.17) is 16.1 Å². The lowest BCUT2D eigenvalue weighted by atomic mass is 10.0. The second kappa shape index (κ2) is 7.41. The van der Waals surface area contributed by atoms with Crippen molar-refractivity contribution in [2.45, 2.75) is 38.6 Å². The first kappa shape index (κ1) is 17.6. The van der Waals surface area contributed by atoms with Crippen LogP contribution < -0.4 is 5.32 Å². The van der Waals surface area contributed by atoms with Gasteiger partial charge in [-0.2, -0.15) is 0 Å². The summed E-state index contributed by atoms with van der Waals surface area (Å²) in [6.45, 7) is 4.42. The molecule has 6 heteroatoms. The van der Waals surface area contributed by atoms with E-state index in [0.29, 0.717) is 28.1 Å². The third kappa shape index (κ3) is 3.64. The van der Waals surface area contributed by atoms with Crippen molar-refractivity contribution in [3.63, 3.8) is 0 Å². The highest BCUT2D eigenvalue weighted by Gasteiger charge is 2.30. The molecule has 2 aliphatic rings. The van der Waals surface area contributed by atoms with Crippen molar-refractivity contribution in [3.8, 4) is 11.3 Å². The Hall–Kier alpha value is -1.85. The van der Waals surface area contributed by atoms with Crippen LogP contribution >= 0.6 is 11.6 Å². The second-order valence-electron chi connectivity index (χ2n) is 7.36. The Labute approximate surface area is 158 Å². The van der Waals surface area contributed by atoms with E-state index in [-0.39, 0.29) is 5.91 Å². The Morgan fingerprint density at radius 1 is 1.27 bits per heavy atom. The quantitative estimate of drug-likeness (QED) is 0.863. The Morgan fingerprint density at radius 3 is 2.69 bits per heavy atom. The summed E-state index contributed by atoms with van der Waals surface area (Å²) >= 11 is 6.30. The number of aromatic nitrogens is 1. The van der Waals surface area contributed by atoms with Gasteiger partial charge in [0.05, 0.1) is 5.02 Å². The normalized spacial score (nSPS) is 18.3. The Bertz CT molecular complexity index is 792. The topological polar surface area (TPSA) is 58.4 Å². The monoisotopic (exact) mass is 373 g/mol. The van der Waals surface area contributed by atoms with E-state index in [9.17, 15) is 4.79 Å². The minimum atomic E-state index is -0.0145. The molecule has 0 unspecified atom stereocenters. The molecule has 4 rings (SSSR count). The summed E-state index contributed by atoms with van der Waals surface area (Å²) in [5.41, 5.74) is 1.80. The van der Waals surface area contributed by atoms with Gasteiger partial charge in [0.15, 0.2) is 0 Å². The number of halogens is 1. The minimum absolute atomic E-state index is 0.0145. The van der Waals surface area contributed by atoms with Gasteiger partial charge >= 0.3 is 0 Å². The fraction of sp³-hybridized carbons (Fsp3) is 0.500. The van der Waals surface area contributed by atoms with E-state index in [1.165, 1.54) is 12.8 Å². The summed E-state index contributed by atoms with van der Waals surface area (Å²) in [5.74, 6) is 1.41. The summed E-state index contributed by atoms with van der Waals surface area (Å²) < 4.78 is 5.34. The van der Waals surface area contributed by atoms with E-state index in [1.54, 1.807) is 13.0 Å². The first-order valence-electron chi connectivity index (χ1n) is 9.37. The molecule has 1 aromatic heterocycles. The molecule has 1 N–H and O–H groups in total. The Kier molecular flexibility index (Phi) is 5.00. The van der Waals surface area contributed by atoms with Gasteiger partial charge in [-0.15, -0.1) is 0 Å². The summed E-state index contributed by atoms with van der Waals surface area (Å²) in [4.78, 5) is 15.0. The van der Waals surface area contributed by atoms with Gasteiger partial charge in [-0.1, -0.05) is 35.0 Å². The van der Waals surface area contributed by atoms with Crippen molar-refractivity contribution in [2.24, 2.45) is 5.92 Å². The lowest BCUT2D eigenvalue weighted by Crippen LogP contribution is -2.45. The second-order valence-corrected chi connectivity index (χ2v) is 7.77. The predicted molar refractivity (Wildman–Crippen MR) is 101 cm³/mol. The molecule has 0 radical (unpaired) electrons. The van der Waals surface area contributed by atoms with Gasteiger partial charge in [0.25, 0.3) is 5.91 Å². The molecule has 5 nitrogen and oxygen atoms in total. The van der Waals surface area contributed by atoms with Gasteiger partial charge in [-0.25, -0.2) is 0 Å². The van der Waals surface area contributed by atoms with Crippen LogP contribution in [-0.2, 0) is 0 Å². The highest BCUT2D eigenvalue weighted by atomic mass is 35.5. The van der Waals surface area contributed by atoms with E-state index in [0.717, 1.165) is 44.0 Å². The number of hydrogen-bond acceptors (Lipinski definition) is 4. The minimum Gasteiger partial charge on any atom is -0.360 e. The van der Waals surface area contributed by atoms with Gasteiger partial charge in [0.2, 0.25) is 0 Å². The smallest absolute Gasteiger partial charge is 0.259 e. The van der Waals surface area contributed by atoms with Gasteiger partial charge < -0.3 is 14.7 Å². The molecule has 2 aromatic rings. The number of rotatable bonds is 5. The molecule has 1 saturated heterocycles. The number of amides is 1. The van der Waals surface area contributed by atoms with Crippen LogP contribution in [0.3, 0.4) is 0 Å². The van der Waals surface area contributed by atoms with Crippen LogP contribution in [-0.4, -0.2) is 41.6 Å². The number of likely N-dealkylation sites (tertiary alicyclic amines) is 1. The molecule has 0 spiro atoms. The first-order valence-corrected chi connectivity index (χ1v) is 9.75. The maximum Gasteiger partial charge on any atom is 0.259 e. The summed E-state index contributed by atoms with van der Waals surface area (Å²) in [5, 5.41) is 8.33. The average Bonchev–Trinajstić information content (AvgIpc) is 3.41. The number of carbonyl (C=O) groups excluding carboxylic acids is 1. The molecule has 26 heavy (non-hydrogen) atoms. The molecule has 1 saturated carbocycles. The van der Waals surface area contributed by atoms with Crippen molar-refractivity contribution in [1.29, 1.82) is 0 Å². The fourth-order valence-electron chi connectivity index (χ4n) is 3.56. The number of nitrogens with one attached hydrogen (secondary N) is 1. The molecule has 0 atom stereocenters. The van der Waals surface area contributed by atoms with Gasteiger partial charge in [-0.3, -0.25) is 4.79 Å². The average molecular weight is 374 g/mol. The zero-order valence-corrected chi connectivity index (χ0v) is 15.8. The van der Waals surface area contributed by atoms with Gasteiger partial charge in [0.1, 0.15) is 17.0 Å². The van der Waals surface area contributed by atoms with E-state index in [1.807, 2.05) is 23.1 Å². The third-order valence-corrected chi connectivity index (χ3v) is 5.71. The van der Waals surface area contributed by atoms with Crippen LogP contribution in [0.25, 0.3) is 11.3 Å². The molecule has 1 aromatic carbocycles. The van der Waals surface area contributed by atoms with Crippen molar-refractivity contribution in [2.75, 3.05) is 19.6 Å². The summed E-state index contributed by atoms with van der Waals surface area (Å²) in [7, 11) is 0. The molecule has 2 heterocycles. The first-order chi connectivity index (χ1) is 12.6. The number of nitrogens with zero attached hydrogens (tertiary/aromatic N) is 2. The third-order valence-electron chi connectivity index (χ3n) is 5.38. The lowest BCUT2D eigenvalue weighted by Gasteiger charge is -2.32. The lowest BCUT2D eigenvalue weighted by molar-refractivity contribution is 0.0704. The number of aryl methyl sites for hydroxylation is 1. The number of piperidine rings is 1. The molecule has 138 valence electrons. The van der Waals surface area contributed by atoms with Crippen molar-refractivity contribution < 1.29 is 9.32 Å². The molecule has 2 fully saturated rings. The zero-order chi connectivity index (χ0) is 18.1. The van der Waals surface area contributed by atoms with E-state index < -0.39 is 0 Å². The molecule has 1 amide bonds. The van der Waals surface area contributed by atoms with Crippen molar-refractivity contribution >= 4 is 17.5 Å².